The molecule has 0 bridgehead atoms. The van der Waals surface area contributed by atoms with E-state index in [2.05, 4.69) is 60.5 Å². The molecule has 26 heavy (non-hydrogen) atoms. The average molecular weight is 359 g/mol. The quantitative estimate of drug-likeness (QED) is 0.516. The fraction of sp³-hybridized carbons (Fsp3) is 0.316. The molecule has 140 valence electrons. The first-order valence-corrected chi connectivity index (χ1v) is 8.18. The molecule has 0 radical (unpaired) electrons. The highest BCUT2D eigenvalue weighted by molar-refractivity contribution is 5.89. The molecule has 7 heteroatoms. The lowest BCUT2D eigenvalue weighted by Gasteiger charge is -2.11. The van der Waals surface area contributed by atoms with E-state index in [4.69, 9.17) is 10.2 Å². The monoisotopic (exact) mass is 359 g/mol. The van der Waals surface area contributed by atoms with Gasteiger partial charge in [-0.25, -0.2) is 14.6 Å². The summed E-state index contributed by atoms with van der Waals surface area (Å²) in [5, 5.41) is 20.3. The van der Waals surface area contributed by atoms with Crippen molar-refractivity contribution in [3.05, 3.63) is 48.0 Å². The van der Waals surface area contributed by atoms with Crippen LogP contribution in [0.2, 0.25) is 0 Å². The Morgan fingerprint density at radius 2 is 1.77 bits per heavy atom. The third-order valence-electron chi connectivity index (χ3n) is 3.38. The van der Waals surface area contributed by atoms with Crippen molar-refractivity contribution in [2.45, 2.75) is 13.3 Å². The number of carbonyl (C=O) groups is 2. The van der Waals surface area contributed by atoms with Crippen LogP contribution in [0.4, 0.5) is 5.82 Å². The van der Waals surface area contributed by atoms with Gasteiger partial charge in [0.1, 0.15) is 5.82 Å². The number of anilines is 1. The minimum atomic E-state index is -1.26. The smallest absolute Gasteiger partial charge is 0.328 e. The summed E-state index contributed by atoms with van der Waals surface area (Å²) < 4.78 is 0. The van der Waals surface area contributed by atoms with E-state index in [0.717, 1.165) is 30.8 Å². The van der Waals surface area contributed by atoms with E-state index in [0.29, 0.717) is 12.2 Å². The molecule has 0 fully saturated rings. The lowest BCUT2D eigenvalue weighted by molar-refractivity contribution is -0.134. The van der Waals surface area contributed by atoms with Gasteiger partial charge in [0.15, 0.2) is 0 Å². The molecule has 0 aliphatic rings. The van der Waals surface area contributed by atoms with Gasteiger partial charge in [0.25, 0.3) is 0 Å². The van der Waals surface area contributed by atoms with Crippen molar-refractivity contribution in [3.63, 3.8) is 0 Å². The minimum absolute atomic E-state index is 0.558. The average Bonchev–Trinajstić information content (AvgIpc) is 2.57. The number of aromatic nitrogens is 1. The minimum Gasteiger partial charge on any atom is -0.478 e. The fourth-order valence-corrected chi connectivity index (χ4v) is 2.19. The summed E-state index contributed by atoms with van der Waals surface area (Å²) in [7, 11) is 4.19. The summed E-state index contributed by atoms with van der Waals surface area (Å²) in [5.41, 5.74) is 2.34. The van der Waals surface area contributed by atoms with Crippen LogP contribution in [0.15, 0.2) is 42.5 Å². The number of hydrogen-bond acceptors (Lipinski definition) is 5. The number of hydrogen-bond donors (Lipinski definition) is 3. The van der Waals surface area contributed by atoms with Crippen molar-refractivity contribution in [1.82, 2.24) is 9.88 Å². The highest BCUT2D eigenvalue weighted by atomic mass is 16.4. The van der Waals surface area contributed by atoms with Crippen LogP contribution in [0, 0.1) is 6.92 Å². The van der Waals surface area contributed by atoms with E-state index < -0.39 is 11.9 Å². The maximum absolute atomic E-state index is 9.55. The Hall–Kier alpha value is -2.93. The lowest BCUT2D eigenvalue weighted by Crippen LogP contribution is -2.16. The lowest BCUT2D eigenvalue weighted by atomic mass is 10.1. The number of carboxylic acid groups (broad SMARTS) is 2. The molecule has 0 spiro atoms. The molecule has 1 aromatic heterocycles. The Morgan fingerprint density at radius 3 is 2.35 bits per heavy atom. The van der Waals surface area contributed by atoms with Gasteiger partial charge in [0.05, 0.1) is 5.52 Å². The van der Waals surface area contributed by atoms with Crippen LogP contribution in [-0.2, 0) is 9.59 Å². The summed E-state index contributed by atoms with van der Waals surface area (Å²) in [4.78, 5) is 25.9. The second-order valence-electron chi connectivity index (χ2n) is 5.93. The number of nitrogens with one attached hydrogen (secondary N) is 1. The van der Waals surface area contributed by atoms with Crippen LogP contribution in [0.5, 0.6) is 0 Å². The van der Waals surface area contributed by atoms with Crippen molar-refractivity contribution >= 4 is 28.7 Å². The van der Waals surface area contributed by atoms with E-state index in [1.165, 1.54) is 10.9 Å². The third-order valence-corrected chi connectivity index (χ3v) is 3.38. The molecule has 0 saturated carbocycles. The molecule has 2 aromatic rings. The second kappa shape index (κ2) is 10.8. The fourth-order valence-electron chi connectivity index (χ4n) is 2.19. The zero-order valence-electron chi connectivity index (χ0n) is 15.3. The molecule has 1 heterocycles. The van der Waals surface area contributed by atoms with Crippen molar-refractivity contribution in [1.29, 1.82) is 0 Å². The van der Waals surface area contributed by atoms with Crippen molar-refractivity contribution < 1.29 is 19.8 Å². The standard InChI is InChI=1S/C15H21N3.C4H4O4/c1-12-11-15(16-9-6-10-18(2)3)17-14-8-5-4-7-13(12)14;5-3(6)1-2-4(7)8/h4-5,7-8,11H,6,9-10H2,1-3H3,(H,16,17);1-2H,(H,5,6)(H,7,8)/b;2-1+. The number of aliphatic carboxylic acids is 2. The number of pyridine rings is 1. The van der Waals surface area contributed by atoms with Gasteiger partial charge in [0, 0.05) is 24.1 Å². The third kappa shape index (κ3) is 8.25. The Balaban J connectivity index is 0.000000359. The zero-order chi connectivity index (χ0) is 19.5. The molecule has 7 nitrogen and oxygen atoms in total. The number of aryl methyl sites for hydroxylation is 1. The molecule has 0 aliphatic carbocycles. The van der Waals surface area contributed by atoms with Crippen molar-refractivity contribution in [2.24, 2.45) is 0 Å². The molecule has 0 atom stereocenters. The molecular formula is C19H25N3O4. The van der Waals surface area contributed by atoms with E-state index in [-0.39, 0.29) is 0 Å². The maximum atomic E-state index is 9.55. The largest absolute Gasteiger partial charge is 0.478 e. The van der Waals surface area contributed by atoms with Crippen LogP contribution in [0.1, 0.15) is 12.0 Å². The van der Waals surface area contributed by atoms with E-state index in [9.17, 15) is 9.59 Å². The molecule has 0 aliphatic heterocycles. The van der Waals surface area contributed by atoms with E-state index >= 15 is 0 Å². The van der Waals surface area contributed by atoms with Crippen molar-refractivity contribution in [3.8, 4) is 0 Å². The topological polar surface area (TPSA) is 103 Å². The van der Waals surface area contributed by atoms with E-state index in [1.54, 1.807) is 0 Å². The highest BCUT2D eigenvalue weighted by Gasteiger charge is 2.01. The highest BCUT2D eigenvalue weighted by Crippen LogP contribution is 2.19. The summed E-state index contributed by atoms with van der Waals surface area (Å²) in [6, 6.07) is 10.4. The van der Waals surface area contributed by atoms with Gasteiger partial charge in [0.2, 0.25) is 0 Å². The predicted molar refractivity (Wildman–Crippen MR) is 103 cm³/mol. The Labute approximate surface area is 153 Å². The number of carboxylic acids is 2. The van der Waals surface area contributed by atoms with Crippen LogP contribution < -0.4 is 5.32 Å². The van der Waals surface area contributed by atoms with Crippen LogP contribution >= 0.6 is 0 Å². The van der Waals surface area contributed by atoms with Gasteiger partial charge in [-0.1, -0.05) is 18.2 Å². The van der Waals surface area contributed by atoms with Crippen LogP contribution in [-0.4, -0.2) is 59.2 Å². The normalized spacial score (nSPS) is 10.6. The van der Waals surface area contributed by atoms with Gasteiger partial charge >= 0.3 is 11.9 Å². The Kier molecular flexibility index (Phi) is 8.80. The first-order chi connectivity index (χ1) is 12.3. The van der Waals surface area contributed by atoms with Gasteiger partial charge in [-0.2, -0.15) is 0 Å². The molecule has 0 unspecified atom stereocenters. The first-order valence-electron chi connectivity index (χ1n) is 8.18. The Bertz CT molecular complexity index is 756. The molecule has 1 aromatic carbocycles. The maximum Gasteiger partial charge on any atom is 0.328 e. The molecule has 3 N–H and O–H groups in total. The zero-order valence-corrected chi connectivity index (χ0v) is 15.3. The summed E-state index contributed by atoms with van der Waals surface area (Å²) in [5.74, 6) is -1.54. The van der Waals surface area contributed by atoms with E-state index in [1.807, 2.05) is 6.07 Å². The summed E-state index contributed by atoms with van der Waals surface area (Å²) in [6.07, 6.45) is 2.24. The molecular weight excluding hydrogens is 334 g/mol. The van der Waals surface area contributed by atoms with Gasteiger partial charge in [-0.05, 0) is 51.7 Å². The summed E-state index contributed by atoms with van der Waals surface area (Å²) >= 11 is 0. The molecule has 0 saturated heterocycles. The van der Waals surface area contributed by atoms with Gasteiger partial charge in [-0.3, -0.25) is 0 Å². The van der Waals surface area contributed by atoms with Crippen molar-refractivity contribution in [2.75, 3.05) is 32.5 Å². The van der Waals surface area contributed by atoms with Gasteiger partial charge < -0.3 is 20.4 Å². The number of fused-ring (bicyclic) bond motifs is 1. The second-order valence-corrected chi connectivity index (χ2v) is 5.93. The van der Waals surface area contributed by atoms with Crippen LogP contribution in [0.3, 0.4) is 0 Å². The number of para-hydroxylation sites is 1. The number of benzene rings is 1. The first kappa shape index (κ1) is 21.1. The number of nitrogens with zero attached hydrogens (tertiary/aromatic N) is 2. The molecule has 2 rings (SSSR count). The SMILES string of the molecule is Cc1cc(NCCCN(C)C)nc2ccccc12.O=C(O)/C=C/C(=O)O. The van der Waals surface area contributed by atoms with Crippen LogP contribution in [0.25, 0.3) is 10.9 Å². The predicted octanol–water partition coefficient (Wildman–Crippen LogP) is 2.62. The molecule has 0 amide bonds. The summed E-state index contributed by atoms with van der Waals surface area (Å²) in [6.45, 7) is 4.19. The number of rotatable bonds is 7. The Morgan fingerprint density at radius 1 is 1.15 bits per heavy atom. The van der Waals surface area contributed by atoms with Gasteiger partial charge in [-0.15, -0.1) is 0 Å².